The summed E-state index contributed by atoms with van der Waals surface area (Å²) < 4.78 is 19.2. The van der Waals surface area contributed by atoms with Gasteiger partial charge in [0.1, 0.15) is 5.82 Å². The SMILES string of the molecule is O=C1NC(=O)C(=CC(Cc2ccccc2)c2ccc(-c3ccc4cccc(F)c4c3)[nH]c2=O)O1. The van der Waals surface area contributed by atoms with Crippen molar-refractivity contribution >= 4 is 22.8 Å². The highest BCUT2D eigenvalue weighted by Gasteiger charge is 2.28. The highest BCUT2D eigenvalue weighted by molar-refractivity contribution is 6.07. The molecule has 2 heterocycles. The van der Waals surface area contributed by atoms with Gasteiger partial charge in [-0.1, -0.05) is 60.7 Å². The lowest BCUT2D eigenvalue weighted by Gasteiger charge is -2.14. The average molecular weight is 454 g/mol. The van der Waals surface area contributed by atoms with Crippen molar-refractivity contribution < 1.29 is 18.7 Å². The Balaban J connectivity index is 1.54. The standard InChI is InChI=1S/C27H19FN2O4/c28-22-8-4-7-17-9-10-18(14-21(17)22)23-12-11-20(25(31)29-23)19(13-16-5-2-1-3-6-16)15-24-26(32)30-27(33)34-24/h1-12,14-15,19H,13H2,(H,29,31)(H,30,32,33). The van der Waals surface area contributed by atoms with Crippen molar-refractivity contribution in [2.75, 3.05) is 0 Å². The zero-order valence-electron chi connectivity index (χ0n) is 17.9. The summed E-state index contributed by atoms with van der Waals surface area (Å²) in [7, 11) is 0. The van der Waals surface area contributed by atoms with Crippen LogP contribution in [0.3, 0.4) is 0 Å². The smallest absolute Gasteiger partial charge is 0.404 e. The van der Waals surface area contributed by atoms with E-state index in [-0.39, 0.29) is 17.1 Å². The molecule has 2 N–H and O–H groups in total. The van der Waals surface area contributed by atoms with E-state index >= 15 is 0 Å². The van der Waals surface area contributed by atoms with Crippen molar-refractivity contribution in [1.82, 2.24) is 10.3 Å². The predicted molar refractivity (Wildman–Crippen MR) is 126 cm³/mol. The van der Waals surface area contributed by atoms with E-state index in [0.717, 1.165) is 10.9 Å². The Morgan fingerprint density at radius 2 is 1.74 bits per heavy atom. The molecule has 4 aromatic rings. The highest BCUT2D eigenvalue weighted by Crippen LogP contribution is 2.27. The average Bonchev–Trinajstić information content (AvgIpc) is 3.15. The molecule has 1 aliphatic heterocycles. The molecule has 6 nitrogen and oxygen atoms in total. The number of aromatic amines is 1. The van der Waals surface area contributed by atoms with Crippen LogP contribution < -0.4 is 10.9 Å². The lowest BCUT2D eigenvalue weighted by molar-refractivity contribution is -0.116. The molecule has 1 saturated heterocycles. The molecule has 1 atom stereocenters. The summed E-state index contributed by atoms with van der Waals surface area (Å²) >= 11 is 0. The van der Waals surface area contributed by atoms with Crippen molar-refractivity contribution in [1.29, 1.82) is 0 Å². The van der Waals surface area contributed by atoms with Gasteiger partial charge < -0.3 is 9.72 Å². The first kappa shape index (κ1) is 21.3. The number of imide groups is 1. The number of pyridine rings is 1. The Hall–Kier alpha value is -4.52. The molecule has 1 fully saturated rings. The molecule has 0 radical (unpaired) electrons. The van der Waals surface area contributed by atoms with Crippen molar-refractivity contribution in [2.24, 2.45) is 0 Å². The van der Waals surface area contributed by atoms with Crippen LogP contribution in [0.25, 0.3) is 22.0 Å². The minimum absolute atomic E-state index is 0.139. The zero-order chi connectivity index (χ0) is 23.7. The van der Waals surface area contributed by atoms with E-state index in [4.69, 9.17) is 4.74 Å². The quantitative estimate of drug-likeness (QED) is 0.424. The number of nitrogens with one attached hydrogen (secondary N) is 2. The van der Waals surface area contributed by atoms with Gasteiger partial charge in [0.25, 0.3) is 11.5 Å². The molecular weight excluding hydrogens is 435 g/mol. The number of halogens is 1. The van der Waals surface area contributed by atoms with Crippen LogP contribution in [-0.2, 0) is 16.0 Å². The maximum atomic E-state index is 14.2. The van der Waals surface area contributed by atoms with Crippen molar-refractivity contribution in [3.8, 4) is 11.3 Å². The van der Waals surface area contributed by atoms with Gasteiger partial charge in [0.15, 0.2) is 5.76 Å². The van der Waals surface area contributed by atoms with E-state index in [0.29, 0.717) is 28.6 Å². The highest BCUT2D eigenvalue weighted by atomic mass is 19.1. The maximum Gasteiger partial charge on any atom is 0.419 e. The van der Waals surface area contributed by atoms with Crippen molar-refractivity contribution in [2.45, 2.75) is 12.3 Å². The van der Waals surface area contributed by atoms with Gasteiger partial charge in [0.2, 0.25) is 0 Å². The summed E-state index contributed by atoms with van der Waals surface area (Å²) in [5, 5.41) is 3.30. The molecule has 0 spiro atoms. The van der Waals surface area contributed by atoms with E-state index < -0.39 is 17.9 Å². The predicted octanol–water partition coefficient (Wildman–Crippen LogP) is 4.81. The van der Waals surface area contributed by atoms with E-state index in [1.165, 1.54) is 12.1 Å². The Kier molecular flexibility index (Phi) is 5.51. The number of carbonyl (C=O) groups is 2. The fourth-order valence-corrected chi connectivity index (χ4v) is 4.09. The number of aromatic nitrogens is 1. The lowest BCUT2D eigenvalue weighted by Crippen LogP contribution is -2.20. The second-order valence-corrected chi connectivity index (χ2v) is 8.00. The molecule has 1 aliphatic rings. The molecule has 7 heteroatoms. The van der Waals surface area contributed by atoms with E-state index in [1.807, 2.05) is 42.5 Å². The Morgan fingerprint density at radius 1 is 0.912 bits per heavy atom. The second kappa shape index (κ2) is 8.78. The van der Waals surface area contributed by atoms with Crippen LogP contribution in [0.2, 0.25) is 0 Å². The van der Waals surface area contributed by atoms with E-state index in [9.17, 15) is 18.8 Å². The summed E-state index contributed by atoms with van der Waals surface area (Å²) in [6.07, 6.45) is 1.06. The second-order valence-electron chi connectivity index (χ2n) is 8.00. The van der Waals surface area contributed by atoms with Crippen molar-refractivity contribution in [3.05, 3.63) is 118 Å². The molecule has 5 rings (SSSR count). The van der Waals surface area contributed by atoms with Gasteiger partial charge in [-0.2, -0.15) is 0 Å². The topological polar surface area (TPSA) is 88.3 Å². The Morgan fingerprint density at radius 3 is 2.47 bits per heavy atom. The summed E-state index contributed by atoms with van der Waals surface area (Å²) in [6.45, 7) is 0. The molecule has 0 saturated carbocycles. The summed E-state index contributed by atoms with van der Waals surface area (Å²) in [4.78, 5) is 39.5. The van der Waals surface area contributed by atoms with Gasteiger partial charge in [-0.3, -0.25) is 14.9 Å². The third-order valence-electron chi connectivity index (χ3n) is 5.77. The van der Waals surface area contributed by atoms with Gasteiger partial charge in [-0.05, 0) is 47.2 Å². The van der Waals surface area contributed by atoms with Gasteiger partial charge in [-0.15, -0.1) is 0 Å². The van der Waals surface area contributed by atoms with Crippen LogP contribution in [0.5, 0.6) is 0 Å². The zero-order valence-corrected chi connectivity index (χ0v) is 17.9. The fourth-order valence-electron chi connectivity index (χ4n) is 4.09. The molecule has 0 aliphatic carbocycles. The Labute approximate surface area is 193 Å². The van der Waals surface area contributed by atoms with E-state index in [1.54, 1.807) is 30.3 Å². The number of benzene rings is 3. The first-order chi connectivity index (χ1) is 16.5. The molecule has 3 aromatic carbocycles. The first-order valence-electron chi connectivity index (χ1n) is 10.7. The number of ether oxygens (including phenoxy) is 1. The molecule has 1 unspecified atom stereocenters. The number of cyclic esters (lactones) is 1. The monoisotopic (exact) mass is 454 g/mol. The number of H-pyrrole nitrogens is 1. The molecule has 168 valence electrons. The normalized spacial score (nSPS) is 15.4. The summed E-state index contributed by atoms with van der Waals surface area (Å²) in [5.74, 6) is -1.65. The number of alkyl carbamates (subject to hydrolysis) is 1. The Bertz CT molecular complexity index is 1510. The number of fused-ring (bicyclic) bond motifs is 1. The fraction of sp³-hybridized carbons (Fsp3) is 0.0741. The van der Waals surface area contributed by atoms with Gasteiger partial charge in [0.05, 0.1) is 0 Å². The van der Waals surface area contributed by atoms with Crippen LogP contribution >= 0.6 is 0 Å². The van der Waals surface area contributed by atoms with E-state index in [2.05, 4.69) is 10.3 Å². The van der Waals surface area contributed by atoms with Crippen LogP contribution in [0, 0.1) is 5.82 Å². The third kappa shape index (κ3) is 4.23. The maximum absolute atomic E-state index is 14.2. The first-order valence-corrected chi connectivity index (χ1v) is 10.7. The number of hydrogen-bond acceptors (Lipinski definition) is 4. The van der Waals surface area contributed by atoms with Crippen LogP contribution in [0.1, 0.15) is 17.0 Å². The molecule has 2 amide bonds. The summed E-state index contributed by atoms with van der Waals surface area (Å²) in [6, 6.07) is 23.1. The lowest BCUT2D eigenvalue weighted by atomic mass is 9.91. The summed E-state index contributed by atoms with van der Waals surface area (Å²) in [5.41, 5.74) is 2.21. The molecular formula is C27H19FN2O4. The number of carbonyl (C=O) groups excluding carboxylic acids is 2. The minimum atomic E-state index is -0.845. The van der Waals surface area contributed by atoms with Gasteiger partial charge in [-0.25, -0.2) is 9.18 Å². The molecule has 0 bridgehead atoms. The number of allylic oxidation sites excluding steroid dienone is 1. The number of amides is 2. The third-order valence-corrected chi connectivity index (χ3v) is 5.77. The van der Waals surface area contributed by atoms with Crippen LogP contribution in [0.15, 0.2) is 95.5 Å². The van der Waals surface area contributed by atoms with Crippen LogP contribution in [0.4, 0.5) is 9.18 Å². The van der Waals surface area contributed by atoms with Crippen molar-refractivity contribution in [3.63, 3.8) is 0 Å². The minimum Gasteiger partial charge on any atom is -0.404 e. The van der Waals surface area contributed by atoms with Crippen LogP contribution in [-0.4, -0.2) is 17.0 Å². The number of rotatable bonds is 5. The largest absolute Gasteiger partial charge is 0.419 e. The molecule has 34 heavy (non-hydrogen) atoms. The molecule has 1 aromatic heterocycles. The number of hydrogen-bond donors (Lipinski definition) is 2. The van der Waals surface area contributed by atoms with Gasteiger partial charge >= 0.3 is 6.09 Å². The van der Waals surface area contributed by atoms with Gasteiger partial charge in [0, 0.05) is 22.6 Å².